The highest BCUT2D eigenvalue weighted by Crippen LogP contribution is 2.33. The maximum absolute atomic E-state index is 13.6. The standard InChI is InChI=1S/C17H21FN2O/c1-4-9-20-11(3)15(17(19)21)16(14(20)5-2)12-7-6-8-13(18)10-12/h6-8,10H,4-5,9H2,1-3H3,(H2,19,21). The summed E-state index contributed by atoms with van der Waals surface area (Å²) in [4.78, 5) is 11.9. The van der Waals surface area contributed by atoms with Gasteiger partial charge in [-0.3, -0.25) is 4.79 Å². The van der Waals surface area contributed by atoms with Crippen LogP contribution in [0.1, 0.15) is 42.0 Å². The summed E-state index contributed by atoms with van der Waals surface area (Å²) in [7, 11) is 0. The summed E-state index contributed by atoms with van der Waals surface area (Å²) < 4.78 is 15.7. The normalized spacial score (nSPS) is 10.9. The molecule has 2 aromatic rings. The Morgan fingerprint density at radius 3 is 2.57 bits per heavy atom. The van der Waals surface area contributed by atoms with Crippen molar-refractivity contribution in [3.63, 3.8) is 0 Å². The highest BCUT2D eigenvalue weighted by Gasteiger charge is 2.23. The Morgan fingerprint density at radius 1 is 1.33 bits per heavy atom. The number of benzene rings is 1. The average Bonchev–Trinajstić information content (AvgIpc) is 2.72. The maximum Gasteiger partial charge on any atom is 0.251 e. The number of hydrogen-bond donors (Lipinski definition) is 1. The molecule has 0 aliphatic heterocycles. The fraction of sp³-hybridized carbons (Fsp3) is 0.353. The topological polar surface area (TPSA) is 48.0 Å². The molecule has 0 unspecified atom stereocenters. The first-order valence-electron chi connectivity index (χ1n) is 7.28. The minimum Gasteiger partial charge on any atom is -0.366 e. The van der Waals surface area contributed by atoms with Gasteiger partial charge >= 0.3 is 0 Å². The van der Waals surface area contributed by atoms with E-state index in [1.54, 1.807) is 6.07 Å². The summed E-state index contributed by atoms with van der Waals surface area (Å²) in [5.41, 5.74) is 9.46. The number of nitrogens with two attached hydrogens (primary N) is 1. The number of rotatable bonds is 5. The van der Waals surface area contributed by atoms with Crippen molar-refractivity contribution in [3.05, 3.63) is 47.0 Å². The molecule has 0 saturated carbocycles. The Bertz CT molecular complexity index is 674. The molecule has 2 N–H and O–H groups in total. The van der Waals surface area contributed by atoms with Crippen LogP contribution in [0.5, 0.6) is 0 Å². The zero-order valence-electron chi connectivity index (χ0n) is 12.7. The van der Waals surface area contributed by atoms with Crippen molar-refractivity contribution in [1.29, 1.82) is 0 Å². The Hall–Kier alpha value is -2.10. The third kappa shape index (κ3) is 2.71. The number of amides is 1. The molecule has 2 rings (SSSR count). The van der Waals surface area contributed by atoms with E-state index in [1.165, 1.54) is 12.1 Å². The number of carbonyl (C=O) groups is 1. The van der Waals surface area contributed by atoms with Crippen molar-refractivity contribution in [2.75, 3.05) is 0 Å². The van der Waals surface area contributed by atoms with Gasteiger partial charge in [-0.15, -0.1) is 0 Å². The van der Waals surface area contributed by atoms with E-state index in [1.807, 2.05) is 19.9 Å². The fourth-order valence-electron chi connectivity index (χ4n) is 2.95. The molecule has 1 aromatic carbocycles. The predicted molar refractivity (Wildman–Crippen MR) is 82.7 cm³/mol. The van der Waals surface area contributed by atoms with Crippen molar-refractivity contribution < 1.29 is 9.18 Å². The van der Waals surface area contributed by atoms with Gasteiger partial charge in [0.25, 0.3) is 5.91 Å². The van der Waals surface area contributed by atoms with E-state index in [4.69, 9.17) is 5.73 Å². The Balaban J connectivity index is 2.79. The number of primary amides is 1. The van der Waals surface area contributed by atoms with Gasteiger partial charge in [-0.1, -0.05) is 26.0 Å². The second kappa shape index (κ2) is 6.12. The highest BCUT2D eigenvalue weighted by molar-refractivity contribution is 6.02. The van der Waals surface area contributed by atoms with Gasteiger partial charge < -0.3 is 10.3 Å². The molecular formula is C17H21FN2O. The first kappa shape index (κ1) is 15.3. The lowest BCUT2D eigenvalue weighted by Gasteiger charge is -2.10. The molecule has 1 aromatic heterocycles. The molecule has 0 spiro atoms. The zero-order chi connectivity index (χ0) is 15.6. The molecule has 0 bridgehead atoms. The van der Waals surface area contributed by atoms with E-state index in [-0.39, 0.29) is 5.82 Å². The summed E-state index contributed by atoms with van der Waals surface area (Å²) >= 11 is 0. The predicted octanol–water partition coefficient (Wildman–Crippen LogP) is 3.67. The molecule has 3 nitrogen and oxygen atoms in total. The van der Waals surface area contributed by atoms with Crippen LogP contribution >= 0.6 is 0 Å². The molecule has 0 aliphatic carbocycles. The van der Waals surface area contributed by atoms with Crippen molar-refractivity contribution in [2.45, 2.75) is 40.2 Å². The van der Waals surface area contributed by atoms with E-state index in [0.717, 1.165) is 36.3 Å². The number of halogens is 1. The number of hydrogen-bond acceptors (Lipinski definition) is 1. The third-order valence-electron chi connectivity index (χ3n) is 3.77. The lowest BCUT2D eigenvalue weighted by Crippen LogP contribution is -2.13. The molecular weight excluding hydrogens is 267 g/mol. The van der Waals surface area contributed by atoms with Gasteiger partial charge in [-0.25, -0.2) is 4.39 Å². The fourth-order valence-corrected chi connectivity index (χ4v) is 2.95. The second-order valence-electron chi connectivity index (χ2n) is 5.16. The van der Waals surface area contributed by atoms with Crippen LogP contribution in [0.3, 0.4) is 0 Å². The monoisotopic (exact) mass is 288 g/mol. The van der Waals surface area contributed by atoms with Crippen molar-refractivity contribution >= 4 is 5.91 Å². The van der Waals surface area contributed by atoms with Crippen molar-refractivity contribution in [2.24, 2.45) is 5.73 Å². The van der Waals surface area contributed by atoms with E-state index < -0.39 is 5.91 Å². The first-order chi connectivity index (χ1) is 10.0. The van der Waals surface area contributed by atoms with Crippen LogP contribution in [-0.2, 0) is 13.0 Å². The van der Waals surface area contributed by atoms with Crippen LogP contribution in [0.25, 0.3) is 11.1 Å². The molecule has 0 atom stereocenters. The van der Waals surface area contributed by atoms with E-state index in [0.29, 0.717) is 11.1 Å². The van der Waals surface area contributed by atoms with Gasteiger partial charge in [-0.2, -0.15) is 0 Å². The molecule has 0 radical (unpaired) electrons. The van der Waals surface area contributed by atoms with Crippen molar-refractivity contribution in [1.82, 2.24) is 4.57 Å². The molecule has 112 valence electrons. The Kier molecular flexibility index (Phi) is 4.46. The molecule has 0 fully saturated rings. The molecule has 0 saturated heterocycles. The van der Waals surface area contributed by atoms with Gasteiger partial charge in [0.2, 0.25) is 0 Å². The van der Waals surface area contributed by atoms with Gasteiger partial charge in [-0.05, 0) is 37.5 Å². The lowest BCUT2D eigenvalue weighted by molar-refractivity contribution is 0.1000. The van der Waals surface area contributed by atoms with E-state index in [2.05, 4.69) is 11.5 Å². The molecule has 1 heterocycles. The van der Waals surface area contributed by atoms with Crippen LogP contribution in [-0.4, -0.2) is 10.5 Å². The summed E-state index contributed by atoms with van der Waals surface area (Å²) in [5, 5.41) is 0. The number of nitrogens with zero attached hydrogens (tertiary/aromatic N) is 1. The van der Waals surface area contributed by atoms with Gasteiger partial charge in [0, 0.05) is 23.5 Å². The van der Waals surface area contributed by atoms with Crippen LogP contribution in [0.4, 0.5) is 4.39 Å². The van der Waals surface area contributed by atoms with Crippen LogP contribution in [0.2, 0.25) is 0 Å². The highest BCUT2D eigenvalue weighted by atomic mass is 19.1. The summed E-state index contributed by atoms with van der Waals surface area (Å²) in [6.07, 6.45) is 1.73. The zero-order valence-corrected chi connectivity index (χ0v) is 12.7. The summed E-state index contributed by atoms with van der Waals surface area (Å²) in [6.45, 7) is 6.85. The van der Waals surface area contributed by atoms with Gasteiger partial charge in [0.05, 0.1) is 5.56 Å². The van der Waals surface area contributed by atoms with E-state index >= 15 is 0 Å². The number of aromatic nitrogens is 1. The number of carbonyl (C=O) groups excluding carboxylic acids is 1. The minimum atomic E-state index is -0.462. The molecule has 0 aliphatic rings. The Morgan fingerprint density at radius 2 is 2.05 bits per heavy atom. The van der Waals surface area contributed by atoms with Gasteiger partial charge in [0.1, 0.15) is 5.82 Å². The minimum absolute atomic E-state index is 0.314. The smallest absolute Gasteiger partial charge is 0.251 e. The van der Waals surface area contributed by atoms with Crippen LogP contribution in [0.15, 0.2) is 24.3 Å². The quantitative estimate of drug-likeness (QED) is 0.896. The Labute approximate surface area is 124 Å². The first-order valence-corrected chi connectivity index (χ1v) is 7.28. The lowest BCUT2D eigenvalue weighted by atomic mass is 9.99. The second-order valence-corrected chi connectivity index (χ2v) is 5.16. The molecule has 21 heavy (non-hydrogen) atoms. The van der Waals surface area contributed by atoms with Crippen molar-refractivity contribution in [3.8, 4) is 11.1 Å². The largest absolute Gasteiger partial charge is 0.366 e. The third-order valence-corrected chi connectivity index (χ3v) is 3.77. The SMILES string of the molecule is CCCn1c(C)c(C(N)=O)c(-c2cccc(F)c2)c1CC. The molecule has 4 heteroatoms. The summed E-state index contributed by atoms with van der Waals surface area (Å²) in [6, 6.07) is 6.33. The summed E-state index contributed by atoms with van der Waals surface area (Å²) in [5.74, 6) is -0.776. The van der Waals surface area contributed by atoms with E-state index in [9.17, 15) is 9.18 Å². The maximum atomic E-state index is 13.6. The van der Waals surface area contributed by atoms with Crippen LogP contribution in [0, 0.1) is 12.7 Å². The van der Waals surface area contributed by atoms with Gasteiger partial charge in [0.15, 0.2) is 0 Å². The average molecular weight is 288 g/mol. The molecule has 1 amide bonds. The van der Waals surface area contributed by atoms with Crippen LogP contribution < -0.4 is 5.73 Å².